The Morgan fingerprint density at radius 1 is 1.14 bits per heavy atom. The van der Waals surface area contributed by atoms with Gasteiger partial charge in [-0.2, -0.15) is 0 Å². The van der Waals surface area contributed by atoms with E-state index in [4.69, 9.17) is 11.6 Å². The standard InChI is InChI=1S/C17H17ClN2S/c1-2-20(12-14-6-5-9-21-14)17-16-8-4-3-7-15(16)13(10-18)11-19-17/h3-9,11H,2,10,12H2,1H3. The SMILES string of the molecule is CCN(Cc1cccs1)c1ncc(CCl)c2ccccc12. The van der Waals surface area contributed by atoms with Crippen molar-refractivity contribution in [1.29, 1.82) is 0 Å². The van der Waals surface area contributed by atoms with E-state index in [1.54, 1.807) is 11.3 Å². The monoisotopic (exact) mass is 316 g/mol. The zero-order valence-electron chi connectivity index (χ0n) is 11.9. The first-order valence-corrected chi connectivity index (χ1v) is 8.44. The Bertz CT molecular complexity index is 725. The molecule has 3 aromatic rings. The second-order valence-corrected chi connectivity index (χ2v) is 6.18. The van der Waals surface area contributed by atoms with Crippen LogP contribution in [0.15, 0.2) is 48.0 Å². The summed E-state index contributed by atoms with van der Waals surface area (Å²) in [5.41, 5.74) is 1.09. The highest BCUT2D eigenvalue weighted by Crippen LogP contribution is 2.29. The number of alkyl halides is 1. The molecule has 0 aliphatic carbocycles. The summed E-state index contributed by atoms with van der Waals surface area (Å²) in [5.74, 6) is 1.53. The number of aromatic nitrogens is 1. The average Bonchev–Trinajstić information content (AvgIpc) is 3.05. The quantitative estimate of drug-likeness (QED) is 0.611. The lowest BCUT2D eigenvalue weighted by atomic mass is 10.1. The minimum Gasteiger partial charge on any atom is -0.351 e. The second-order valence-electron chi connectivity index (χ2n) is 4.88. The van der Waals surface area contributed by atoms with Gasteiger partial charge < -0.3 is 4.90 Å². The summed E-state index contributed by atoms with van der Waals surface area (Å²) in [4.78, 5) is 8.34. The third-order valence-corrected chi connectivity index (χ3v) is 4.76. The molecular weight excluding hydrogens is 300 g/mol. The first-order valence-electron chi connectivity index (χ1n) is 7.03. The van der Waals surface area contributed by atoms with Crippen molar-refractivity contribution in [3.8, 4) is 0 Å². The molecule has 21 heavy (non-hydrogen) atoms. The van der Waals surface area contributed by atoms with Gasteiger partial charge in [-0.1, -0.05) is 30.3 Å². The molecule has 0 bridgehead atoms. The maximum atomic E-state index is 6.03. The molecule has 1 aromatic carbocycles. The van der Waals surface area contributed by atoms with Gasteiger partial charge in [-0.25, -0.2) is 4.98 Å². The van der Waals surface area contributed by atoms with Crippen molar-refractivity contribution >= 4 is 39.5 Å². The highest BCUT2D eigenvalue weighted by Gasteiger charge is 2.13. The Kier molecular flexibility index (Phi) is 4.42. The topological polar surface area (TPSA) is 16.1 Å². The van der Waals surface area contributed by atoms with E-state index in [2.05, 4.69) is 58.6 Å². The zero-order valence-corrected chi connectivity index (χ0v) is 13.5. The highest BCUT2D eigenvalue weighted by molar-refractivity contribution is 7.09. The number of hydrogen-bond donors (Lipinski definition) is 0. The number of hydrogen-bond acceptors (Lipinski definition) is 3. The summed E-state index contributed by atoms with van der Waals surface area (Å²) in [6, 6.07) is 12.6. The second kappa shape index (κ2) is 6.46. The van der Waals surface area contributed by atoms with Crippen molar-refractivity contribution in [1.82, 2.24) is 4.98 Å². The zero-order chi connectivity index (χ0) is 14.7. The summed E-state index contributed by atoms with van der Waals surface area (Å²) >= 11 is 7.82. The van der Waals surface area contributed by atoms with Gasteiger partial charge in [0.05, 0.1) is 6.54 Å². The predicted octanol–water partition coefficient (Wildman–Crippen LogP) is 5.06. The summed E-state index contributed by atoms with van der Waals surface area (Å²) in [6.45, 7) is 3.99. The maximum absolute atomic E-state index is 6.03. The molecule has 4 heteroatoms. The van der Waals surface area contributed by atoms with Gasteiger partial charge >= 0.3 is 0 Å². The Labute approximate surface area is 134 Å². The van der Waals surface area contributed by atoms with E-state index < -0.39 is 0 Å². The van der Waals surface area contributed by atoms with Gasteiger partial charge in [-0.15, -0.1) is 22.9 Å². The van der Waals surface area contributed by atoms with Crippen LogP contribution in [0.4, 0.5) is 5.82 Å². The predicted molar refractivity (Wildman–Crippen MR) is 92.3 cm³/mol. The maximum Gasteiger partial charge on any atom is 0.136 e. The van der Waals surface area contributed by atoms with E-state index in [-0.39, 0.29) is 0 Å². The van der Waals surface area contributed by atoms with Gasteiger partial charge in [0.2, 0.25) is 0 Å². The first-order chi connectivity index (χ1) is 10.3. The number of benzene rings is 1. The molecule has 0 saturated heterocycles. The van der Waals surface area contributed by atoms with Gasteiger partial charge in [0.15, 0.2) is 0 Å². The van der Waals surface area contributed by atoms with E-state index in [1.165, 1.54) is 15.6 Å². The van der Waals surface area contributed by atoms with Gasteiger partial charge in [0.1, 0.15) is 5.82 Å². The van der Waals surface area contributed by atoms with Crippen molar-refractivity contribution < 1.29 is 0 Å². The molecule has 0 atom stereocenters. The number of halogens is 1. The highest BCUT2D eigenvalue weighted by atomic mass is 35.5. The van der Waals surface area contributed by atoms with Crippen LogP contribution in [0.1, 0.15) is 17.4 Å². The summed E-state index contributed by atoms with van der Waals surface area (Å²) in [5, 5.41) is 4.49. The van der Waals surface area contributed by atoms with Crippen molar-refractivity contribution in [2.24, 2.45) is 0 Å². The molecule has 0 aliphatic rings. The third-order valence-electron chi connectivity index (χ3n) is 3.61. The van der Waals surface area contributed by atoms with Crippen molar-refractivity contribution in [3.63, 3.8) is 0 Å². The average molecular weight is 317 g/mol. The van der Waals surface area contributed by atoms with Gasteiger partial charge in [0, 0.05) is 28.9 Å². The Morgan fingerprint density at radius 2 is 1.95 bits per heavy atom. The lowest BCUT2D eigenvalue weighted by Crippen LogP contribution is -2.23. The molecule has 0 N–H and O–H groups in total. The summed E-state index contributed by atoms with van der Waals surface area (Å²) in [6.07, 6.45) is 1.90. The number of pyridine rings is 1. The number of fused-ring (bicyclic) bond motifs is 1. The van der Waals surface area contributed by atoms with Gasteiger partial charge in [0.25, 0.3) is 0 Å². The fraction of sp³-hybridized carbons (Fsp3) is 0.235. The minimum absolute atomic E-state index is 0.491. The molecule has 0 aliphatic heterocycles. The van der Waals surface area contributed by atoms with Crippen LogP contribution in [0.2, 0.25) is 0 Å². The van der Waals surface area contributed by atoms with Gasteiger partial charge in [-0.3, -0.25) is 0 Å². The van der Waals surface area contributed by atoms with E-state index in [1.807, 2.05) is 6.20 Å². The number of thiophene rings is 1. The number of rotatable bonds is 5. The Morgan fingerprint density at radius 3 is 2.62 bits per heavy atom. The van der Waals surface area contributed by atoms with Crippen molar-refractivity contribution in [3.05, 3.63) is 58.4 Å². The van der Waals surface area contributed by atoms with E-state index in [9.17, 15) is 0 Å². The largest absolute Gasteiger partial charge is 0.351 e. The molecule has 2 aromatic heterocycles. The van der Waals surface area contributed by atoms with E-state index in [0.29, 0.717) is 5.88 Å². The Balaban J connectivity index is 2.06. The number of anilines is 1. The fourth-order valence-corrected chi connectivity index (χ4v) is 3.45. The molecule has 0 unspecified atom stereocenters. The smallest absolute Gasteiger partial charge is 0.136 e. The molecule has 0 radical (unpaired) electrons. The van der Waals surface area contributed by atoms with Crippen LogP contribution in [0.5, 0.6) is 0 Å². The molecule has 108 valence electrons. The van der Waals surface area contributed by atoms with Crippen molar-refractivity contribution in [2.75, 3.05) is 11.4 Å². The molecule has 2 heterocycles. The van der Waals surface area contributed by atoms with Crippen LogP contribution in [-0.2, 0) is 12.4 Å². The third kappa shape index (κ3) is 2.89. The molecule has 0 fully saturated rings. The molecule has 2 nitrogen and oxygen atoms in total. The summed E-state index contributed by atoms with van der Waals surface area (Å²) in [7, 11) is 0. The van der Waals surface area contributed by atoms with Crippen LogP contribution < -0.4 is 4.90 Å². The van der Waals surface area contributed by atoms with Crippen LogP contribution in [-0.4, -0.2) is 11.5 Å². The molecule has 0 spiro atoms. The lowest BCUT2D eigenvalue weighted by Gasteiger charge is -2.23. The molecule has 3 rings (SSSR count). The van der Waals surface area contributed by atoms with Crippen LogP contribution in [0, 0.1) is 0 Å². The lowest BCUT2D eigenvalue weighted by molar-refractivity contribution is 0.828. The Hall–Kier alpha value is -1.58. The molecule has 0 saturated carbocycles. The number of nitrogens with zero attached hydrogens (tertiary/aromatic N) is 2. The summed E-state index contributed by atoms with van der Waals surface area (Å²) < 4.78 is 0. The molecule has 0 amide bonds. The van der Waals surface area contributed by atoms with Crippen LogP contribution in [0.3, 0.4) is 0 Å². The first kappa shape index (κ1) is 14.4. The van der Waals surface area contributed by atoms with Gasteiger partial charge in [-0.05, 0) is 29.3 Å². The minimum atomic E-state index is 0.491. The van der Waals surface area contributed by atoms with Crippen LogP contribution in [0.25, 0.3) is 10.8 Å². The molecular formula is C17H17ClN2S. The fourth-order valence-electron chi connectivity index (χ4n) is 2.52. The van der Waals surface area contributed by atoms with E-state index in [0.717, 1.165) is 24.5 Å². The van der Waals surface area contributed by atoms with Crippen LogP contribution >= 0.6 is 22.9 Å². The normalized spacial score (nSPS) is 11.0. The van der Waals surface area contributed by atoms with Crippen molar-refractivity contribution in [2.45, 2.75) is 19.3 Å². The van der Waals surface area contributed by atoms with E-state index >= 15 is 0 Å².